The standard InChI is InChI=1S/C63H76ClFN10O10S/c1-5-52(77)73-23-25-74(26-24-73)59-48-38-49(64)54(47-37-44(76)35-42-15-9-10-18-46(42)47)55(65)57(48)70-63(71-59)67-21-20-53(78)72(4)27-28-82-29-30-83-31-32-84-33-34-85-45-17-11-16-43(36-45)58(79)50-39-86-61(68-50)51-19-12-22-75(51)62(81)56(41-13-7-6-8-14-41)69-60(80)40(2)66-3/h5,9-11,15-18,35-41,51,56,66,76H,1,6-8,12-14,19-34H2,2-4H3,(H,69,80)(H,67,70,71)/t40-,51-,56-/m0/s1. The first-order chi connectivity index (χ1) is 41.7. The molecule has 6 aromatic rings. The first-order valence-corrected chi connectivity index (χ1v) is 30.8. The zero-order valence-corrected chi connectivity index (χ0v) is 50.6. The summed E-state index contributed by atoms with van der Waals surface area (Å²) in [5, 5.41) is 24.1. The van der Waals surface area contributed by atoms with Crippen LogP contribution in [0.2, 0.25) is 5.02 Å². The number of likely N-dealkylation sites (tertiary alicyclic amines) is 1. The first kappa shape index (κ1) is 63.2. The van der Waals surface area contributed by atoms with Crippen LogP contribution < -0.4 is 25.6 Å². The molecule has 458 valence electrons. The topological polar surface area (TPSA) is 230 Å². The molecule has 9 rings (SSSR count). The zero-order valence-electron chi connectivity index (χ0n) is 49.0. The maximum absolute atomic E-state index is 17.0. The van der Waals surface area contributed by atoms with E-state index in [1.807, 2.05) is 34.1 Å². The van der Waals surface area contributed by atoms with E-state index in [2.05, 4.69) is 27.5 Å². The third-order valence-electron chi connectivity index (χ3n) is 16.1. The van der Waals surface area contributed by atoms with E-state index in [-0.39, 0.29) is 95.4 Å². The van der Waals surface area contributed by atoms with Crippen molar-refractivity contribution in [2.75, 3.05) is 116 Å². The molecule has 3 aliphatic rings. The molecule has 4 N–H and O–H groups in total. The van der Waals surface area contributed by atoms with Gasteiger partial charge in [0.2, 0.25) is 35.4 Å². The molecule has 20 nitrogen and oxygen atoms in total. The molecule has 2 aliphatic heterocycles. The van der Waals surface area contributed by atoms with Crippen molar-refractivity contribution in [1.29, 1.82) is 0 Å². The van der Waals surface area contributed by atoms with Crippen LogP contribution in [0.4, 0.5) is 16.2 Å². The number of aromatic hydroxyl groups is 1. The highest BCUT2D eigenvalue weighted by atomic mass is 35.5. The Morgan fingerprint density at radius 2 is 1.59 bits per heavy atom. The second kappa shape index (κ2) is 30.3. The molecule has 4 aromatic carbocycles. The Kier molecular flexibility index (Phi) is 22.3. The fourth-order valence-electron chi connectivity index (χ4n) is 11.2. The molecule has 4 amide bonds. The summed E-state index contributed by atoms with van der Waals surface area (Å²) in [6.45, 7) is 10.2. The normalized spacial score (nSPS) is 16.3. The van der Waals surface area contributed by atoms with Crippen molar-refractivity contribution in [3.63, 3.8) is 0 Å². The summed E-state index contributed by atoms with van der Waals surface area (Å²) < 4.78 is 40.0. The Morgan fingerprint density at radius 3 is 2.34 bits per heavy atom. The van der Waals surface area contributed by atoms with Gasteiger partial charge in [0.05, 0.1) is 56.7 Å². The van der Waals surface area contributed by atoms with Crippen LogP contribution in [0, 0.1) is 11.7 Å². The third-order valence-corrected chi connectivity index (χ3v) is 17.3. The maximum atomic E-state index is 17.0. The number of likely N-dealkylation sites (N-methyl/N-ethyl adjacent to an activating group) is 2. The van der Waals surface area contributed by atoms with Crippen molar-refractivity contribution < 1.29 is 52.4 Å². The smallest absolute Gasteiger partial charge is 0.246 e. The molecule has 3 atom stereocenters. The fourth-order valence-corrected chi connectivity index (χ4v) is 12.5. The molecule has 86 heavy (non-hydrogen) atoms. The fraction of sp³-hybridized carbons (Fsp3) is 0.460. The van der Waals surface area contributed by atoms with Gasteiger partial charge in [-0.2, -0.15) is 4.98 Å². The molecule has 1 saturated carbocycles. The van der Waals surface area contributed by atoms with Crippen molar-refractivity contribution in [2.45, 2.75) is 76.4 Å². The molecular formula is C63H76ClFN10O10S. The van der Waals surface area contributed by atoms with Crippen LogP contribution in [0.25, 0.3) is 32.8 Å². The number of phenolic OH excluding ortho intramolecular Hbond substituents is 1. The van der Waals surface area contributed by atoms with Crippen LogP contribution in [0.5, 0.6) is 11.5 Å². The Bertz CT molecular complexity index is 3380. The van der Waals surface area contributed by atoms with E-state index < -0.39 is 17.9 Å². The van der Waals surface area contributed by atoms with Gasteiger partial charge in [0.25, 0.3) is 0 Å². The summed E-state index contributed by atoms with van der Waals surface area (Å²) in [6.07, 6.45) is 7.91. The lowest BCUT2D eigenvalue weighted by molar-refractivity contribution is -0.139. The molecule has 0 bridgehead atoms. The number of piperazine rings is 1. The first-order valence-electron chi connectivity index (χ1n) is 29.5. The number of ether oxygens (including phenoxy) is 4. The van der Waals surface area contributed by atoms with Crippen LogP contribution in [0.1, 0.15) is 85.4 Å². The number of hydrogen-bond acceptors (Lipinski definition) is 17. The molecule has 0 unspecified atom stereocenters. The number of thiazole rings is 1. The number of fused-ring (bicyclic) bond motifs is 2. The van der Waals surface area contributed by atoms with Crippen LogP contribution in [0.15, 0.2) is 84.8 Å². The van der Waals surface area contributed by atoms with Gasteiger partial charge in [0, 0.05) is 81.2 Å². The number of nitrogens with one attached hydrogen (secondary N) is 3. The van der Waals surface area contributed by atoms with E-state index >= 15 is 4.39 Å². The number of amides is 4. The van der Waals surface area contributed by atoms with E-state index in [0.29, 0.717) is 122 Å². The summed E-state index contributed by atoms with van der Waals surface area (Å²) in [6, 6.07) is 17.7. The quantitative estimate of drug-likeness (QED) is 0.0206. The van der Waals surface area contributed by atoms with E-state index in [1.54, 1.807) is 72.6 Å². The lowest BCUT2D eigenvalue weighted by atomic mass is 9.83. The van der Waals surface area contributed by atoms with Crippen molar-refractivity contribution >= 4 is 85.8 Å². The molecule has 2 aromatic heterocycles. The van der Waals surface area contributed by atoms with Gasteiger partial charge in [0.15, 0.2) is 5.82 Å². The SMILES string of the molecule is C=CC(=O)N1CCN(c2nc(NCCC(=O)N(C)CCOCCOCCOCCOc3cccc(C(=O)c4csc([C@@H]5CCCN5C(=O)[C@@H](NC(=O)[C@H](C)NC)C5CCCCC5)n4)c3)nc3c(F)c(-c4cc(O)cc5ccccc45)c(Cl)cc23)CC1. The predicted octanol–water partition coefficient (Wildman–Crippen LogP) is 8.20. The van der Waals surface area contributed by atoms with Gasteiger partial charge in [-0.05, 0) is 98.3 Å². The number of benzene rings is 4. The highest BCUT2D eigenvalue weighted by Gasteiger charge is 2.40. The number of aromatic nitrogens is 3. The minimum absolute atomic E-state index is 0.00215. The summed E-state index contributed by atoms with van der Waals surface area (Å²) in [4.78, 5) is 87.7. The monoisotopic (exact) mass is 1220 g/mol. The lowest BCUT2D eigenvalue weighted by Crippen LogP contribution is -2.55. The molecule has 2 saturated heterocycles. The predicted molar refractivity (Wildman–Crippen MR) is 330 cm³/mol. The molecule has 0 spiro atoms. The Hall–Kier alpha value is -7.34. The molecule has 4 heterocycles. The van der Waals surface area contributed by atoms with Crippen LogP contribution in [0.3, 0.4) is 0 Å². The number of hydrogen-bond donors (Lipinski definition) is 4. The van der Waals surface area contributed by atoms with E-state index in [1.165, 1.54) is 23.5 Å². The Balaban J connectivity index is 0.676. The number of halogens is 2. The maximum Gasteiger partial charge on any atom is 0.246 e. The number of carbonyl (C=O) groups is 5. The number of rotatable bonds is 28. The number of ketones is 1. The number of anilines is 2. The summed E-state index contributed by atoms with van der Waals surface area (Å²) in [7, 11) is 3.41. The molecule has 3 fully saturated rings. The highest BCUT2D eigenvalue weighted by molar-refractivity contribution is 7.10. The third kappa shape index (κ3) is 15.6. The molecule has 1 aliphatic carbocycles. The number of nitrogens with zero attached hydrogens (tertiary/aromatic N) is 7. The van der Waals surface area contributed by atoms with Crippen LogP contribution >= 0.6 is 22.9 Å². The largest absolute Gasteiger partial charge is 0.508 e. The minimum Gasteiger partial charge on any atom is -0.508 e. The van der Waals surface area contributed by atoms with Gasteiger partial charge in [-0.3, -0.25) is 24.0 Å². The zero-order chi connectivity index (χ0) is 60.7. The second-order valence-electron chi connectivity index (χ2n) is 21.7. The number of carbonyl (C=O) groups excluding carboxylic acids is 5. The number of phenols is 1. The lowest BCUT2D eigenvalue weighted by Gasteiger charge is -2.35. The van der Waals surface area contributed by atoms with Crippen molar-refractivity contribution in [3.8, 4) is 22.6 Å². The molecule has 23 heteroatoms. The molecule has 0 radical (unpaired) electrons. The summed E-state index contributed by atoms with van der Waals surface area (Å²) in [5.74, 6) is -0.472. The summed E-state index contributed by atoms with van der Waals surface area (Å²) >= 11 is 8.26. The van der Waals surface area contributed by atoms with Gasteiger partial charge in [-0.15, -0.1) is 11.3 Å². The van der Waals surface area contributed by atoms with Gasteiger partial charge >= 0.3 is 0 Å². The molecular weight excluding hydrogens is 1140 g/mol. The highest BCUT2D eigenvalue weighted by Crippen LogP contribution is 2.43. The average molecular weight is 1220 g/mol. The van der Waals surface area contributed by atoms with E-state index in [9.17, 15) is 29.1 Å². The van der Waals surface area contributed by atoms with Crippen LogP contribution in [-0.2, 0) is 33.4 Å². The van der Waals surface area contributed by atoms with Crippen molar-refractivity contribution in [3.05, 3.63) is 112 Å². The second-order valence-corrected chi connectivity index (χ2v) is 23.0. The van der Waals surface area contributed by atoms with E-state index in [0.717, 1.165) is 44.9 Å². The summed E-state index contributed by atoms with van der Waals surface area (Å²) in [5.41, 5.74) is 1.22. The Labute approximate surface area is 509 Å². The minimum atomic E-state index is -0.695. The van der Waals surface area contributed by atoms with Gasteiger partial charge in [-0.1, -0.05) is 73.8 Å². The van der Waals surface area contributed by atoms with Gasteiger partial charge in [0.1, 0.15) is 46.2 Å². The van der Waals surface area contributed by atoms with Crippen molar-refractivity contribution in [1.82, 2.24) is 40.3 Å². The van der Waals surface area contributed by atoms with Crippen molar-refractivity contribution in [2.24, 2.45) is 5.92 Å². The van der Waals surface area contributed by atoms with Crippen LogP contribution in [-0.4, -0.2) is 182 Å². The average Bonchev–Trinajstić information content (AvgIpc) is 1.60. The van der Waals surface area contributed by atoms with E-state index in [4.69, 9.17) is 40.5 Å². The van der Waals surface area contributed by atoms with Gasteiger partial charge < -0.3 is 59.6 Å². The Morgan fingerprint density at radius 1 is 0.860 bits per heavy atom. The van der Waals surface area contributed by atoms with Gasteiger partial charge in [-0.25, -0.2) is 14.4 Å².